The average molecular weight is 718 g/mol. The lowest BCUT2D eigenvalue weighted by atomic mass is 9.41. The van der Waals surface area contributed by atoms with Crippen molar-refractivity contribution in [1.82, 2.24) is 4.90 Å². The van der Waals surface area contributed by atoms with Gasteiger partial charge in [0, 0.05) is 12.0 Å². The molecule has 2 spiro atoms. The van der Waals surface area contributed by atoms with Crippen molar-refractivity contribution in [2.24, 2.45) is 50.7 Å². The zero-order chi connectivity index (χ0) is 36.4. The predicted molar refractivity (Wildman–Crippen MR) is 190 cm³/mol. The molecule has 5 saturated carbocycles. The van der Waals surface area contributed by atoms with E-state index < -0.39 is 17.8 Å². The third-order valence-corrected chi connectivity index (χ3v) is 17.0. The van der Waals surface area contributed by atoms with Crippen molar-refractivity contribution in [2.45, 2.75) is 155 Å². The summed E-state index contributed by atoms with van der Waals surface area (Å²) in [6, 6.07) is 0.498. The second-order valence-corrected chi connectivity index (χ2v) is 19.9. The van der Waals surface area contributed by atoms with Gasteiger partial charge in [-0.2, -0.15) is 0 Å². The number of aliphatic hydroxyl groups excluding tert-OH is 1. The molecule has 10 heteroatoms. The molecule has 3 heterocycles. The van der Waals surface area contributed by atoms with E-state index in [9.17, 15) is 15.0 Å². The van der Waals surface area contributed by atoms with Crippen LogP contribution in [-0.4, -0.2) is 116 Å². The Morgan fingerprint density at radius 1 is 1.04 bits per heavy atom. The summed E-state index contributed by atoms with van der Waals surface area (Å²) in [6.07, 6.45) is 6.71. The third-order valence-electron chi connectivity index (χ3n) is 17.0. The first-order valence-electron chi connectivity index (χ1n) is 20.5. The Morgan fingerprint density at radius 3 is 2.45 bits per heavy atom. The molecule has 3 saturated heterocycles. The first-order chi connectivity index (χ1) is 24.0. The minimum absolute atomic E-state index is 0.0289. The number of hydrogen-bond acceptors (Lipinski definition) is 10. The highest BCUT2D eigenvalue weighted by molar-refractivity contribution is 5.70. The fourth-order valence-corrected chi connectivity index (χ4v) is 14.5. The van der Waals surface area contributed by atoms with Crippen LogP contribution in [-0.2, 0) is 33.2 Å². The first kappa shape index (κ1) is 37.1. The summed E-state index contributed by atoms with van der Waals surface area (Å²) >= 11 is 0. The largest absolute Gasteiger partial charge is 0.464 e. The Kier molecular flexibility index (Phi) is 9.15. The van der Waals surface area contributed by atoms with Crippen LogP contribution in [0, 0.1) is 50.7 Å². The highest BCUT2D eigenvalue weighted by Crippen LogP contribution is 2.89. The summed E-state index contributed by atoms with van der Waals surface area (Å²) in [5, 5.41) is 22.1. The Morgan fingerprint density at radius 2 is 1.76 bits per heavy atom. The van der Waals surface area contributed by atoms with Gasteiger partial charge in [0.05, 0.1) is 69.0 Å². The quantitative estimate of drug-likeness (QED) is 0.317. The van der Waals surface area contributed by atoms with Crippen LogP contribution in [0.15, 0.2) is 0 Å². The van der Waals surface area contributed by atoms with Crippen molar-refractivity contribution >= 4 is 5.97 Å². The van der Waals surface area contributed by atoms with Gasteiger partial charge in [-0.1, -0.05) is 34.6 Å². The molecule has 8 fully saturated rings. The summed E-state index contributed by atoms with van der Waals surface area (Å²) in [6.45, 7) is 21.7. The van der Waals surface area contributed by atoms with Gasteiger partial charge in [-0.05, 0) is 117 Å². The molecular formula is C41H67NO9. The van der Waals surface area contributed by atoms with Crippen molar-refractivity contribution in [3.63, 3.8) is 0 Å². The number of esters is 1. The van der Waals surface area contributed by atoms with Crippen LogP contribution < -0.4 is 0 Å². The average Bonchev–Trinajstić information content (AvgIpc) is 3.66. The van der Waals surface area contributed by atoms with Crippen LogP contribution in [0.4, 0.5) is 0 Å². The molecule has 0 aromatic rings. The Balaban J connectivity index is 1.07. The van der Waals surface area contributed by atoms with E-state index in [1.54, 1.807) is 13.8 Å². The molecule has 51 heavy (non-hydrogen) atoms. The number of fused-ring (bicyclic) bond motifs is 4. The van der Waals surface area contributed by atoms with E-state index in [2.05, 4.69) is 39.5 Å². The zero-order valence-corrected chi connectivity index (χ0v) is 32.7. The van der Waals surface area contributed by atoms with Gasteiger partial charge in [-0.3, -0.25) is 4.90 Å². The third kappa shape index (κ3) is 5.33. The zero-order valence-electron chi connectivity index (χ0n) is 32.7. The number of carbonyl (C=O) groups excluding carboxylic acids is 1. The van der Waals surface area contributed by atoms with E-state index in [-0.39, 0.29) is 76.1 Å². The Hall–Kier alpha value is -0.850. The standard InChI is InChI=1S/C41H67NO9/c1-9-47-30(43)22-49-35-33-32(24(2)18-26(50-33)34(44)37(5,6)45)38(7)14-15-41-23-40(41)13-12-29(36(3,4)27(40)10-11-28(41)39(35,38)8)51-31-19-42(16-17-48-31)25-20-46-21-25/h24-29,31-35,44-45H,9-23H2,1-8H3/t24-,26-,27+,28+,29+,31+,32+,33+,34+,35+,38-,39-,40-,41+/m1/s1. The molecular weight excluding hydrogens is 650 g/mol. The van der Waals surface area contributed by atoms with E-state index >= 15 is 0 Å². The molecule has 0 aromatic carbocycles. The molecule has 0 aromatic heterocycles. The Labute approximate surface area is 305 Å². The van der Waals surface area contributed by atoms with Crippen LogP contribution in [0.5, 0.6) is 0 Å². The number of carbonyl (C=O) groups is 1. The van der Waals surface area contributed by atoms with Crippen molar-refractivity contribution in [3.8, 4) is 0 Å². The van der Waals surface area contributed by atoms with Crippen molar-refractivity contribution in [1.29, 1.82) is 0 Å². The minimum Gasteiger partial charge on any atom is -0.464 e. The molecule has 5 aliphatic carbocycles. The topological polar surface area (TPSA) is 116 Å². The molecule has 0 unspecified atom stereocenters. The number of ether oxygens (including phenoxy) is 6. The maximum absolute atomic E-state index is 12.8. The molecule has 14 atom stereocenters. The van der Waals surface area contributed by atoms with Gasteiger partial charge in [-0.15, -0.1) is 0 Å². The molecule has 0 bridgehead atoms. The molecule has 2 N–H and O–H groups in total. The lowest BCUT2D eigenvalue weighted by Crippen LogP contribution is -2.61. The van der Waals surface area contributed by atoms with E-state index in [0.29, 0.717) is 37.5 Å². The molecule has 3 aliphatic heterocycles. The SMILES string of the molecule is CCOC(=O)CO[C@H]1[C@H]2O[C@@H]([C@H](O)C(C)(C)O)C[C@@H](C)[C@@H]2[C@@]2(C)CC[C@@]34C[C@@]35CC[C@H](O[C@H]3CN(C6COC6)CCO3)C(C)(C)[C@@H]5CC[C@H]4[C@]12C. The van der Waals surface area contributed by atoms with E-state index in [1.165, 1.54) is 25.7 Å². The van der Waals surface area contributed by atoms with Gasteiger partial charge >= 0.3 is 5.97 Å². The summed E-state index contributed by atoms with van der Waals surface area (Å²) in [7, 11) is 0. The van der Waals surface area contributed by atoms with Gasteiger partial charge < -0.3 is 38.6 Å². The molecule has 8 rings (SSSR count). The van der Waals surface area contributed by atoms with Crippen molar-refractivity contribution < 1.29 is 43.4 Å². The molecule has 290 valence electrons. The van der Waals surface area contributed by atoms with Crippen LogP contribution in [0.25, 0.3) is 0 Å². The number of hydrogen-bond donors (Lipinski definition) is 2. The summed E-state index contributed by atoms with van der Waals surface area (Å²) in [5.74, 6) is 1.18. The van der Waals surface area contributed by atoms with E-state index in [4.69, 9.17) is 28.4 Å². The van der Waals surface area contributed by atoms with Crippen LogP contribution in [0.3, 0.4) is 0 Å². The van der Waals surface area contributed by atoms with Crippen molar-refractivity contribution in [3.05, 3.63) is 0 Å². The smallest absolute Gasteiger partial charge is 0.332 e. The second kappa shape index (κ2) is 12.6. The number of morpholine rings is 1. The van der Waals surface area contributed by atoms with Crippen LogP contribution >= 0.6 is 0 Å². The summed E-state index contributed by atoms with van der Waals surface area (Å²) in [4.78, 5) is 15.3. The first-order valence-corrected chi connectivity index (χ1v) is 20.5. The van der Waals surface area contributed by atoms with Gasteiger partial charge in [-0.25, -0.2) is 4.79 Å². The second-order valence-electron chi connectivity index (χ2n) is 19.9. The monoisotopic (exact) mass is 717 g/mol. The van der Waals surface area contributed by atoms with Gasteiger partial charge in [0.2, 0.25) is 0 Å². The highest BCUT2D eigenvalue weighted by atomic mass is 16.7. The number of aliphatic hydroxyl groups is 2. The van der Waals surface area contributed by atoms with Crippen LogP contribution in [0.1, 0.15) is 107 Å². The highest BCUT2D eigenvalue weighted by Gasteiger charge is 2.85. The van der Waals surface area contributed by atoms with Crippen molar-refractivity contribution in [2.75, 3.05) is 46.1 Å². The molecule has 0 radical (unpaired) electrons. The number of rotatable bonds is 9. The van der Waals surface area contributed by atoms with Gasteiger partial charge in [0.25, 0.3) is 0 Å². The maximum atomic E-state index is 12.8. The van der Waals surface area contributed by atoms with Crippen LogP contribution in [0.2, 0.25) is 0 Å². The lowest BCUT2D eigenvalue weighted by Gasteiger charge is -2.64. The Bertz CT molecular complexity index is 1330. The fourth-order valence-electron chi connectivity index (χ4n) is 14.5. The summed E-state index contributed by atoms with van der Waals surface area (Å²) in [5.41, 5.74) is -1.02. The molecule has 10 nitrogen and oxygen atoms in total. The fraction of sp³-hybridized carbons (Fsp3) is 0.976. The van der Waals surface area contributed by atoms with Gasteiger partial charge in [0.1, 0.15) is 12.7 Å². The normalized spacial score (nSPS) is 49.7. The maximum Gasteiger partial charge on any atom is 0.332 e. The van der Waals surface area contributed by atoms with Gasteiger partial charge in [0.15, 0.2) is 6.29 Å². The predicted octanol–water partition coefficient (Wildman–Crippen LogP) is 4.96. The lowest BCUT2D eigenvalue weighted by molar-refractivity contribution is -0.257. The number of nitrogens with zero attached hydrogens (tertiary/aromatic N) is 1. The summed E-state index contributed by atoms with van der Waals surface area (Å²) < 4.78 is 37.8. The molecule has 8 aliphatic rings. The van der Waals surface area contributed by atoms with E-state index in [1.807, 2.05) is 6.92 Å². The molecule has 0 amide bonds. The van der Waals surface area contributed by atoms with E-state index in [0.717, 1.165) is 45.6 Å². The minimum atomic E-state index is -1.29.